The number of carboxylic acids is 1. The fourth-order valence-electron chi connectivity index (χ4n) is 6.85. The van der Waals surface area contributed by atoms with Gasteiger partial charge in [0.25, 0.3) is 0 Å². The molecule has 1 amide bonds. The number of nitrogens with one attached hydrogen (secondary N) is 1. The number of unbranched alkanes of at least 4 members (excludes halogenated alkanes) is 3. The highest BCUT2D eigenvalue weighted by Gasteiger charge is 2.62. The summed E-state index contributed by atoms with van der Waals surface area (Å²) in [6.07, 6.45) is 11.1. The van der Waals surface area contributed by atoms with Crippen LogP contribution in [0.5, 0.6) is 0 Å². The van der Waals surface area contributed by atoms with E-state index in [1.54, 1.807) is 0 Å². The molecule has 0 heterocycles. The molecule has 4 aliphatic rings. The lowest BCUT2D eigenvalue weighted by Crippen LogP contribution is -2.59. The van der Waals surface area contributed by atoms with Gasteiger partial charge >= 0.3 is 5.97 Å². The molecular formula is C20H33NO3. The molecule has 0 aromatic heterocycles. The molecule has 0 aromatic carbocycles. The van der Waals surface area contributed by atoms with E-state index in [2.05, 4.69) is 19.2 Å². The first kappa shape index (κ1) is 17.8. The highest BCUT2D eigenvalue weighted by Crippen LogP contribution is 2.69. The van der Waals surface area contributed by atoms with Gasteiger partial charge in [0, 0.05) is 13.0 Å². The van der Waals surface area contributed by atoms with Crippen LogP contribution in [-0.2, 0) is 9.59 Å². The maximum absolute atomic E-state index is 13.0. The zero-order valence-corrected chi connectivity index (χ0v) is 15.3. The van der Waals surface area contributed by atoms with Crippen LogP contribution >= 0.6 is 0 Å². The Morgan fingerprint density at radius 1 is 0.958 bits per heavy atom. The second-order valence-electron chi connectivity index (χ2n) is 9.72. The van der Waals surface area contributed by atoms with E-state index in [9.17, 15) is 9.59 Å². The van der Waals surface area contributed by atoms with Crippen LogP contribution in [0.2, 0.25) is 0 Å². The predicted octanol–water partition coefficient (Wildman–Crippen LogP) is 4.13. The number of aliphatic carboxylic acids is 1. The van der Waals surface area contributed by atoms with Gasteiger partial charge in [0.1, 0.15) is 0 Å². The summed E-state index contributed by atoms with van der Waals surface area (Å²) in [5.41, 5.74) is 0.650. The van der Waals surface area contributed by atoms with Crippen LogP contribution in [0.25, 0.3) is 0 Å². The van der Waals surface area contributed by atoms with Crippen LogP contribution in [0.3, 0.4) is 0 Å². The van der Waals surface area contributed by atoms with Gasteiger partial charge in [0.15, 0.2) is 0 Å². The van der Waals surface area contributed by atoms with E-state index in [0.29, 0.717) is 16.7 Å². The number of rotatable bonds is 8. The first-order valence-electron chi connectivity index (χ1n) is 9.75. The third-order valence-electron chi connectivity index (χ3n) is 6.71. The average Bonchev–Trinajstić information content (AvgIpc) is 2.41. The molecular weight excluding hydrogens is 302 g/mol. The van der Waals surface area contributed by atoms with E-state index in [-0.39, 0.29) is 11.8 Å². The Kier molecular flexibility index (Phi) is 4.69. The van der Waals surface area contributed by atoms with Crippen molar-refractivity contribution in [3.8, 4) is 0 Å². The van der Waals surface area contributed by atoms with Crippen molar-refractivity contribution < 1.29 is 14.7 Å². The van der Waals surface area contributed by atoms with Crippen molar-refractivity contribution in [3.63, 3.8) is 0 Å². The fourth-order valence-corrected chi connectivity index (χ4v) is 6.85. The maximum atomic E-state index is 13.0. The summed E-state index contributed by atoms with van der Waals surface area (Å²) >= 11 is 0. The van der Waals surface area contributed by atoms with Gasteiger partial charge in [-0.2, -0.15) is 0 Å². The molecule has 4 fully saturated rings. The van der Waals surface area contributed by atoms with Crippen LogP contribution in [0, 0.1) is 22.2 Å². The number of carbonyl (C=O) groups excluding carboxylic acids is 1. The molecule has 4 bridgehead atoms. The molecule has 0 saturated heterocycles. The summed E-state index contributed by atoms with van der Waals surface area (Å²) in [5.74, 6) is 0.333. The molecule has 4 rings (SSSR count). The van der Waals surface area contributed by atoms with Gasteiger partial charge in [-0.05, 0) is 68.1 Å². The number of hydrogen-bond acceptors (Lipinski definition) is 2. The summed E-state index contributed by atoms with van der Waals surface area (Å²) < 4.78 is 0. The molecule has 24 heavy (non-hydrogen) atoms. The van der Waals surface area contributed by atoms with Crippen molar-refractivity contribution in [2.75, 3.05) is 6.54 Å². The maximum Gasteiger partial charge on any atom is 0.303 e. The molecule has 0 spiro atoms. The van der Waals surface area contributed by atoms with Gasteiger partial charge in [-0.1, -0.05) is 26.7 Å². The number of carboxylic acid groups (broad SMARTS) is 1. The summed E-state index contributed by atoms with van der Waals surface area (Å²) in [5, 5.41) is 11.8. The Bertz CT molecular complexity index is 497. The van der Waals surface area contributed by atoms with Gasteiger partial charge < -0.3 is 10.4 Å². The Morgan fingerprint density at radius 2 is 1.58 bits per heavy atom. The zero-order chi connectivity index (χ0) is 17.4. The third-order valence-corrected chi connectivity index (χ3v) is 6.71. The highest BCUT2D eigenvalue weighted by molar-refractivity contribution is 5.83. The van der Waals surface area contributed by atoms with E-state index in [4.69, 9.17) is 5.11 Å². The van der Waals surface area contributed by atoms with E-state index < -0.39 is 5.97 Å². The quantitative estimate of drug-likeness (QED) is 0.655. The molecule has 2 atom stereocenters. The molecule has 136 valence electrons. The van der Waals surface area contributed by atoms with Crippen molar-refractivity contribution in [2.45, 2.75) is 84.5 Å². The third kappa shape index (κ3) is 3.62. The molecule has 0 aromatic rings. The largest absolute Gasteiger partial charge is 0.481 e. The SMILES string of the molecule is CC12CC3CC(C)(C1)CC(C(=O)NCCCCCCC(=O)O)(C3)C2. The lowest BCUT2D eigenvalue weighted by Gasteiger charge is -2.64. The average molecular weight is 335 g/mol. The van der Waals surface area contributed by atoms with Gasteiger partial charge in [-0.25, -0.2) is 0 Å². The second-order valence-corrected chi connectivity index (χ2v) is 9.72. The normalized spacial score (nSPS) is 39.8. The van der Waals surface area contributed by atoms with E-state index in [1.807, 2.05) is 0 Å². The Morgan fingerprint density at radius 3 is 2.17 bits per heavy atom. The van der Waals surface area contributed by atoms with Crippen LogP contribution in [-0.4, -0.2) is 23.5 Å². The van der Waals surface area contributed by atoms with Crippen LogP contribution < -0.4 is 5.32 Å². The van der Waals surface area contributed by atoms with Crippen molar-refractivity contribution in [1.29, 1.82) is 0 Å². The first-order valence-corrected chi connectivity index (χ1v) is 9.75. The molecule has 4 nitrogen and oxygen atoms in total. The van der Waals surface area contributed by atoms with Crippen LogP contribution in [0.15, 0.2) is 0 Å². The van der Waals surface area contributed by atoms with Crippen LogP contribution in [0.1, 0.15) is 84.5 Å². The fraction of sp³-hybridized carbons (Fsp3) is 0.900. The standard InChI is InChI=1S/C20H33NO3/c1-18-9-15-10-19(2,12-18)14-20(11-15,13-18)17(24)21-8-6-4-3-5-7-16(22)23/h15H,3-14H2,1-2H3,(H,21,24)(H,22,23). The molecule has 2 N–H and O–H groups in total. The van der Waals surface area contributed by atoms with Crippen LogP contribution in [0.4, 0.5) is 0 Å². The van der Waals surface area contributed by atoms with Crippen molar-refractivity contribution in [1.82, 2.24) is 5.32 Å². The second kappa shape index (κ2) is 6.34. The van der Waals surface area contributed by atoms with E-state index >= 15 is 0 Å². The minimum atomic E-state index is -0.716. The van der Waals surface area contributed by atoms with Crippen molar-refractivity contribution >= 4 is 11.9 Å². The van der Waals surface area contributed by atoms with Gasteiger partial charge in [-0.15, -0.1) is 0 Å². The lowest BCUT2D eigenvalue weighted by molar-refractivity contribution is -0.170. The number of amides is 1. The summed E-state index contributed by atoms with van der Waals surface area (Å²) in [6, 6.07) is 0. The lowest BCUT2D eigenvalue weighted by atomic mass is 9.40. The molecule has 4 aliphatic carbocycles. The Labute approximate surface area is 145 Å². The van der Waals surface area contributed by atoms with Gasteiger partial charge in [0.05, 0.1) is 5.41 Å². The number of hydrogen-bond donors (Lipinski definition) is 2. The summed E-state index contributed by atoms with van der Waals surface area (Å²) in [4.78, 5) is 23.4. The van der Waals surface area contributed by atoms with Gasteiger partial charge in [0.2, 0.25) is 5.91 Å². The molecule has 4 heteroatoms. The summed E-state index contributed by atoms with van der Waals surface area (Å²) in [7, 11) is 0. The van der Waals surface area contributed by atoms with E-state index in [1.165, 1.54) is 19.3 Å². The van der Waals surface area contributed by atoms with Crippen molar-refractivity contribution in [2.24, 2.45) is 22.2 Å². The monoisotopic (exact) mass is 335 g/mol. The molecule has 4 saturated carbocycles. The molecule has 2 unspecified atom stereocenters. The zero-order valence-electron chi connectivity index (χ0n) is 15.3. The topological polar surface area (TPSA) is 66.4 Å². The smallest absolute Gasteiger partial charge is 0.303 e. The first-order chi connectivity index (χ1) is 11.2. The Hall–Kier alpha value is -1.06. The Balaban J connectivity index is 1.46. The highest BCUT2D eigenvalue weighted by atomic mass is 16.4. The summed E-state index contributed by atoms with van der Waals surface area (Å²) in [6.45, 7) is 5.55. The molecule has 0 radical (unpaired) electrons. The van der Waals surface area contributed by atoms with Gasteiger partial charge in [-0.3, -0.25) is 9.59 Å². The van der Waals surface area contributed by atoms with E-state index in [0.717, 1.165) is 57.4 Å². The predicted molar refractivity (Wildman–Crippen MR) is 93.6 cm³/mol. The minimum Gasteiger partial charge on any atom is -0.481 e. The van der Waals surface area contributed by atoms with Crippen molar-refractivity contribution in [3.05, 3.63) is 0 Å². The number of carbonyl (C=O) groups is 2. The minimum absolute atomic E-state index is 0.105. The molecule has 0 aliphatic heterocycles.